The summed E-state index contributed by atoms with van der Waals surface area (Å²) >= 11 is 0. The van der Waals surface area contributed by atoms with E-state index in [1.54, 1.807) is 0 Å². The van der Waals surface area contributed by atoms with Gasteiger partial charge in [-0.2, -0.15) is 6.08 Å². The zero-order valence-corrected chi connectivity index (χ0v) is 7.77. The maximum atomic E-state index is 3.07. The van der Waals surface area contributed by atoms with Crippen molar-refractivity contribution in [2.45, 2.75) is 12.8 Å². The average Bonchev–Trinajstić information content (AvgIpc) is 1.72. The molecule has 0 saturated carbocycles. The molecule has 0 radical (unpaired) electrons. The van der Waals surface area contributed by atoms with E-state index in [0.717, 1.165) is 6.42 Å². The van der Waals surface area contributed by atoms with Gasteiger partial charge in [-0.1, -0.05) is 6.42 Å². The van der Waals surface area contributed by atoms with Gasteiger partial charge in [0, 0.05) is 0 Å². The van der Waals surface area contributed by atoms with Crippen LogP contribution >= 0.6 is 0 Å². The summed E-state index contributed by atoms with van der Waals surface area (Å²) in [4.78, 5) is 0. The van der Waals surface area contributed by atoms with Crippen molar-refractivity contribution >= 4 is 0 Å². The zero-order valence-electron chi connectivity index (χ0n) is 4.65. The van der Waals surface area contributed by atoms with Crippen LogP contribution in [0.5, 0.6) is 0 Å². The summed E-state index contributed by atoms with van der Waals surface area (Å²) in [7, 11) is 0. The Labute approximate surface area is 87.1 Å². The predicted molar refractivity (Wildman–Crippen MR) is 26.2 cm³/mol. The molecule has 0 unspecified atom stereocenters. The first-order valence-electron chi connectivity index (χ1n) is 2.22. The standard InChI is InChI=1S/C6H7.K/c1-2-4-6-5-3-1;/h1-3H,4,6H2;/q-1;+1. The SMILES string of the molecule is [C-]1=CC=CCC1.[K+]. The molecule has 1 rings (SSSR count). The Balaban J connectivity index is 0.000000360. The van der Waals surface area contributed by atoms with Crippen LogP contribution < -0.4 is 51.4 Å². The molecule has 32 valence electrons. The van der Waals surface area contributed by atoms with Crippen molar-refractivity contribution < 1.29 is 51.4 Å². The molecule has 1 heteroatoms. The first kappa shape index (κ1) is 8.12. The topological polar surface area (TPSA) is 0 Å². The van der Waals surface area contributed by atoms with Crippen molar-refractivity contribution in [2.24, 2.45) is 0 Å². The Morgan fingerprint density at radius 3 is 2.43 bits per heavy atom. The summed E-state index contributed by atoms with van der Waals surface area (Å²) in [6.07, 6.45) is 11.5. The van der Waals surface area contributed by atoms with Gasteiger partial charge >= 0.3 is 51.4 Å². The van der Waals surface area contributed by atoms with Gasteiger partial charge in [-0.05, 0) is 0 Å². The van der Waals surface area contributed by atoms with Crippen LogP contribution in [0.2, 0.25) is 0 Å². The molecule has 7 heavy (non-hydrogen) atoms. The molecule has 0 bridgehead atoms. The quantitative estimate of drug-likeness (QED) is 0.274. The molecule has 0 aromatic rings. The van der Waals surface area contributed by atoms with Crippen molar-refractivity contribution in [3.63, 3.8) is 0 Å². The number of hydrogen-bond acceptors (Lipinski definition) is 0. The van der Waals surface area contributed by atoms with E-state index in [1.807, 2.05) is 12.2 Å². The van der Waals surface area contributed by atoms with Gasteiger partial charge < -0.3 is 0 Å². The van der Waals surface area contributed by atoms with Gasteiger partial charge in [0.15, 0.2) is 0 Å². The van der Waals surface area contributed by atoms with Crippen LogP contribution in [0.1, 0.15) is 12.8 Å². The zero-order chi connectivity index (χ0) is 4.24. The normalized spacial score (nSPS) is 16.0. The van der Waals surface area contributed by atoms with Gasteiger partial charge in [0.25, 0.3) is 0 Å². The average molecular weight is 118 g/mol. The molecule has 1 aliphatic carbocycles. The van der Waals surface area contributed by atoms with E-state index in [9.17, 15) is 0 Å². The van der Waals surface area contributed by atoms with Crippen LogP contribution in [0.4, 0.5) is 0 Å². The summed E-state index contributed by atoms with van der Waals surface area (Å²) in [6.45, 7) is 0. The summed E-state index contributed by atoms with van der Waals surface area (Å²) in [5.74, 6) is 0. The molecule has 0 nitrogen and oxygen atoms in total. The minimum absolute atomic E-state index is 0. The van der Waals surface area contributed by atoms with E-state index >= 15 is 0 Å². The maximum Gasteiger partial charge on any atom is 1.00 e. The Morgan fingerprint density at radius 1 is 1.43 bits per heavy atom. The second-order valence-electron chi connectivity index (χ2n) is 1.34. The van der Waals surface area contributed by atoms with Gasteiger partial charge in [0.2, 0.25) is 0 Å². The van der Waals surface area contributed by atoms with Gasteiger partial charge in [-0.25, -0.2) is 12.2 Å². The minimum Gasteiger partial charge on any atom is -0.275 e. The van der Waals surface area contributed by atoms with Crippen molar-refractivity contribution in [3.05, 3.63) is 24.3 Å². The Bertz CT molecular complexity index is 70.2. The Kier molecular flexibility index (Phi) is 6.10. The van der Waals surface area contributed by atoms with Gasteiger partial charge in [0.1, 0.15) is 0 Å². The molecule has 1 aliphatic rings. The van der Waals surface area contributed by atoms with E-state index in [0.29, 0.717) is 0 Å². The van der Waals surface area contributed by atoms with E-state index in [1.165, 1.54) is 6.42 Å². The molecule has 0 N–H and O–H groups in total. The fourth-order valence-electron chi connectivity index (χ4n) is 0.482. The fraction of sp³-hybridized carbons (Fsp3) is 0.333. The van der Waals surface area contributed by atoms with Crippen LogP contribution in [-0.2, 0) is 0 Å². The molecule has 0 aromatic heterocycles. The van der Waals surface area contributed by atoms with E-state index in [2.05, 4.69) is 12.2 Å². The Hall–Kier alpha value is 1.12. The predicted octanol–water partition coefficient (Wildman–Crippen LogP) is -1.30. The van der Waals surface area contributed by atoms with Crippen LogP contribution in [0.3, 0.4) is 0 Å². The fourth-order valence-corrected chi connectivity index (χ4v) is 0.482. The van der Waals surface area contributed by atoms with Crippen molar-refractivity contribution in [2.75, 3.05) is 0 Å². The van der Waals surface area contributed by atoms with E-state index in [4.69, 9.17) is 0 Å². The molecule has 0 saturated heterocycles. The third-order valence-corrected chi connectivity index (χ3v) is 0.806. The van der Waals surface area contributed by atoms with Gasteiger partial charge in [-0.3, -0.25) is 6.08 Å². The first-order valence-corrected chi connectivity index (χ1v) is 2.22. The van der Waals surface area contributed by atoms with E-state index < -0.39 is 0 Å². The van der Waals surface area contributed by atoms with Gasteiger partial charge in [-0.15, -0.1) is 6.42 Å². The third kappa shape index (κ3) is 3.68. The van der Waals surface area contributed by atoms with Crippen LogP contribution in [0, 0.1) is 6.08 Å². The molecule has 0 aromatic carbocycles. The Morgan fingerprint density at radius 2 is 2.29 bits per heavy atom. The van der Waals surface area contributed by atoms with Crippen molar-refractivity contribution in [3.8, 4) is 0 Å². The van der Waals surface area contributed by atoms with E-state index in [-0.39, 0.29) is 51.4 Å². The number of allylic oxidation sites excluding steroid dienone is 4. The summed E-state index contributed by atoms with van der Waals surface area (Å²) < 4.78 is 0. The smallest absolute Gasteiger partial charge is 0.275 e. The molecular weight excluding hydrogens is 111 g/mol. The second kappa shape index (κ2) is 5.26. The van der Waals surface area contributed by atoms with Crippen molar-refractivity contribution in [1.29, 1.82) is 0 Å². The molecule has 0 fully saturated rings. The largest absolute Gasteiger partial charge is 1.00 e. The second-order valence-corrected chi connectivity index (χ2v) is 1.34. The van der Waals surface area contributed by atoms with Crippen molar-refractivity contribution in [1.82, 2.24) is 0 Å². The molecule has 0 atom stereocenters. The number of rotatable bonds is 0. The molecule has 0 amide bonds. The molecule has 0 heterocycles. The molecule has 0 aliphatic heterocycles. The maximum absolute atomic E-state index is 3.07. The van der Waals surface area contributed by atoms with Gasteiger partial charge in [0.05, 0.1) is 0 Å². The minimum atomic E-state index is 0. The number of hydrogen-bond donors (Lipinski definition) is 0. The molecular formula is C6H7K. The third-order valence-electron chi connectivity index (χ3n) is 0.806. The first-order chi connectivity index (χ1) is 3.00. The van der Waals surface area contributed by atoms with Crippen LogP contribution in [-0.4, -0.2) is 0 Å². The molecule has 0 spiro atoms. The summed E-state index contributed by atoms with van der Waals surface area (Å²) in [5.41, 5.74) is 0. The monoisotopic (exact) mass is 118 g/mol. The summed E-state index contributed by atoms with van der Waals surface area (Å²) in [6, 6.07) is 0. The van der Waals surface area contributed by atoms with Crippen LogP contribution in [0.15, 0.2) is 18.2 Å². The van der Waals surface area contributed by atoms with Crippen LogP contribution in [0.25, 0.3) is 0 Å². The summed E-state index contributed by atoms with van der Waals surface area (Å²) in [5, 5.41) is 0.